The Morgan fingerprint density at radius 1 is 1.31 bits per heavy atom. The Kier molecular flexibility index (Phi) is 3.25. The van der Waals surface area contributed by atoms with E-state index in [0.717, 1.165) is 11.1 Å². The van der Waals surface area contributed by atoms with Gasteiger partial charge >= 0.3 is 0 Å². The molecule has 0 saturated carbocycles. The summed E-state index contributed by atoms with van der Waals surface area (Å²) >= 11 is 0. The smallest absolute Gasteiger partial charge is 0.150 e. The predicted molar refractivity (Wildman–Crippen MR) is 62.8 cm³/mol. The number of nitrogens with two attached hydrogens (primary N) is 1. The highest BCUT2D eigenvalue weighted by atomic mass is 32.2. The van der Waals surface area contributed by atoms with Crippen LogP contribution in [0.4, 0.5) is 0 Å². The molecule has 1 aliphatic rings. The highest BCUT2D eigenvalue weighted by Gasteiger charge is 2.24. The summed E-state index contributed by atoms with van der Waals surface area (Å²) < 4.78 is 22.6. The number of hydrogen-bond donors (Lipinski definition) is 1. The largest absolute Gasteiger partial charge is 0.326 e. The van der Waals surface area contributed by atoms with E-state index in [4.69, 9.17) is 5.73 Å². The van der Waals surface area contributed by atoms with E-state index in [2.05, 4.69) is 4.98 Å². The Morgan fingerprint density at radius 3 is 2.62 bits per heavy atom. The molecule has 0 atom stereocenters. The lowest BCUT2D eigenvalue weighted by Crippen LogP contribution is -2.22. The summed E-state index contributed by atoms with van der Waals surface area (Å²) in [6, 6.07) is 2.04. The first-order valence-corrected chi connectivity index (χ1v) is 7.27. The molecule has 1 fully saturated rings. The van der Waals surface area contributed by atoms with Gasteiger partial charge in [-0.15, -0.1) is 0 Å². The maximum atomic E-state index is 11.3. The average molecular weight is 240 g/mol. The second-order valence-corrected chi connectivity index (χ2v) is 6.56. The minimum Gasteiger partial charge on any atom is -0.326 e. The minimum absolute atomic E-state index is 0.296. The Bertz CT molecular complexity index is 457. The molecule has 0 aromatic carbocycles. The molecule has 2 heterocycles. The highest BCUT2D eigenvalue weighted by Crippen LogP contribution is 2.28. The van der Waals surface area contributed by atoms with Crippen LogP contribution in [0.1, 0.15) is 29.9 Å². The van der Waals surface area contributed by atoms with Gasteiger partial charge in [0.2, 0.25) is 0 Å². The molecule has 16 heavy (non-hydrogen) atoms. The van der Waals surface area contributed by atoms with Gasteiger partial charge in [-0.05, 0) is 29.9 Å². The van der Waals surface area contributed by atoms with Crippen molar-refractivity contribution in [3.63, 3.8) is 0 Å². The SMILES string of the molecule is NCc1cncc(C2CCS(=O)(=O)CC2)c1. The first-order valence-electron chi connectivity index (χ1n) is 5.45. The molecule has 0 unspecified atom stereocenters. The fraction of sp³-hybridized carbons (Fsp3) is 0.545. The van der Waals surface area contributed by atoms with E-state index in [1.165, 1.54) is 0 Å². The van der Waals surface area contributed by atoms with Crippen LogP contribution < -0.4 is 5.73 Å². The topological polar surface area (TPSA) is 73.0 Å². The van der Waals surface area contributed by atoms with Gasteiger partial charge in [0.1, 0.15) is 9.84 Å². The normalized spacial score (nSPS) is 20.8. The van der Waals surface area contributed by atoms with Crippen molar-refractivity contribution in [3.8, 4) is 0 Å². The first kappa shape index (κ1) is 11.5. The number of hydrogen-bond acceptors (Lipinski definition) is 4. The molecule has 2 N–H and O–H groups in total. The lowest BCUT2D eigenvalue weighted by atomic mass is 9.94. The summed E-state index contributed by atoms with van der Waals surface area (Å²) in [5.41, 5.74) is 7.68. The van der Waals surface area contributed by atoms with Gasteiger partial charge in [0.15, 0.2) is 0 Å². The quantitative estimate of drug-likeness (QED) is 0.831. The monoisotopic (exact) mass is 240 g/mol. The summed E-state index contributed by atoms with van der Waals surface area (Å²) in [5, 5.41) is 0. The number of pyridine rings is 1. The van der Waals surface area contributed by atoms with Gasteiger partial charge < -0.3 is 5.73 Å². The van der Waals surface area contributed by atoms with Crippen LogP contribution in [-0.4, -0.2) is 24.9 Å². The molecule has 0 spiro atoms. The van der Waals surface area contributed by atoms with E-state index >= 15 is 0 Å². The van der Waals surface area contributed by atoms with Crippen LogP contribution in [-0.2, 0) is 16.4 Å². The fourth-order valence-corrected chi connectivity index (χ4v) is 3.56. The van der Waals surface area contributed by atoms with Crippen molar-refractivity contribution in [2.24, 2.45) is 5.73 Å². The van der Waals surface area contributed by atoms with Gasteiger partial charge in [-0.25, -0.2) is 8.42 Å². The summed E-state index contributed by atoms with van der Waals surface area (Å²) in [7, 11) is -2.78. The standard InChI is InChI=1S/C11H16N2O2S/c12-6-9-5-11(8-13-7-9)10-1-3-16(14,15)4-2-10/h5,7-8,10H,1-4,6,12H2. The summed E-state index contributed by atoms with van der Waals surface area (Å²) in [6.07, 6.45) is 4.99. The minimum atomic E-state index is -2.78. The van der Waals surface area contributed by atoms with Gasteiger partial charge in [0.05, 0.1) is 11.5 Å². The molecule has 1 aromatic rings. The van der Waals surface area contributed by atoms with Crippen LogP contribution in [0.25, 0.3) is 0 Å². The summed E-state index contributed by atoms with van der Waals surface area (Å²) in [6.45, 7) is 0.478. The molecule has 0 radical (unpaired) electrons. The second kappa shape index (κ2) is 4.51. The molecule has 1 aromatic heterocycles. The van der Waals surface area contributed by atoms with Crippen molar-refractivity contribution in [1.29, 1.82) is 0 Å². The van der Waals surface area contributed by atoms with Crippen molar-refractivity contribution in [3.05, 3.63) is 29.6 Å². The Labute approximate surface area is 95.8 Å². The van der Waals surface area contributed by atoms with Crippen molar-refractivity contribution < 1.29 is 8.42 Å². The average Bonchev–Trinajstić information content (AvgIpc) is 2.29. The van der Waals surface area contributed by atoms with Gasteiger partial charge in [-0.3, -0.25) is 4.98 Å². The highest BCUT2D eigenvalue weighted by molar-refractivity contribution is 7.91. The van der Waals surface area contributed by atoms with Crippen LogP contribution in [0.3, 0.4) is 0 Å². The van der Waals surface area contributed by atoms with Gasteiger partial charge in [-0.1, -0.05) is 6.07 Å². The zero-order chi connectivity index (χ0) is 11.6. The molecular formula is C11H16N2O2S. The molecule has 1 aliphatic heterocycles. The lowest BCUT2D eigenvalue weighted by Gasteiger charge is -2.22. The van der Waals surface area contributed by atoms with Crippen LogP contribution >= 0.6 is 0 Å². The van der Waals surface area contributed by atoms with Crippen molar-refractivity contribution in [1.82, 2.24) is 4.98 Å². The predicted octanol–water partition coefficient (Wildman–Crippen LogP) is 0.832. The number of rotatable bonds is 2. The third kappa shape index (κ3) is 2.59. The second-order valence-electron chi connectivity index (χ2n) is 4.26. The zero-order valence-electron chi connectivity index (χ0n) is 9.09. The van der Waals surface area contributed by atoms with E-state index in [-0.39, 0.29) is 0 Å². The van der Waals surface area contributed by atoms with Gasteiger partial charge in [-0.2, -0.15) is 0 Å². The lowest BCUT2D eigenvalue weighted by molar-refractivity contribution is 0.549. The third-order valence-corrected chi connectivity index (χ3v) is 4.79. The molecule has 4 nitrogen and oxygen atoms in total. The van der Waals surface area contributed by atoms with E-state index in [1.807, 2.05) is 12.3 Å². The summed E-state index contributed by atoms with van der Waals surface area (Å²) in [5.74, 6) is 0.914. The fourth-order valence-electron chi connectivity index (χ4n) is 2.07. The van der Waals surface area contributed by atoms with Crippen molar-refractivity contribution in [2.45, 2.75) is 25.3 Å². The van der Waals surface area contributed by atoms with E-state index < -0.39 is 9.84 Å². The molecule has 1 saturated heterocycles. The third-order valence-electron chi connectivity index (χ3n) is 3.08. The number of sulfone groups is 1. The van der Waals surface area contributed by atoms with E-state index in [1.54, 1.807) is 6.20 Å². The van der Waals surface area contributed by atoms with Crippen LogP contribution in [0.5, 0.6) is 0 Å². The maximum absolute atomic E-state index is 11.3. The molecule has 5 heteroatoms. The summed E-state index contributed by atoms with van der Waals surface area (Å²) in [4.78, 5) is 4.14. The van der Waals surface area contributed by atoms with Crippen molar-refractivity contribution in [2.75, 3.05) is 11.5 Å². The Hall–Kier alpha value is -0.940. The molecule has 0 amide bonds. The van der Waals surface area contributed by atoms with E-state index in [0.29, 0.717) is 36.8 Å². The molecule has 2 rings (SSSR count). The Morgan fingerprint density at radius 2 is 2.00 bits per heavy atom. The Balaban J connectivity index is 2.13. The van der Waals surface area contributed by atoms with Crippen molar-refractivity contribution >= 4 is 9.84 Å². The van der Waals surface area contributed by atoms with Crippen LogP contribution in [0, 0.1) is 0 Å². The maximum Gasteiger partial charge on any atom is 0.150 e. The first-order chi connectivity index (χ1) is 7.61. The van der Waals surface area contributed by atoms with Crippen LogP contribution in [0.2, 0.25) is 0 Å². The zero-order valence-corrected chi connectivity index (χ0v) is 9.91. The molecular weight excluding hydrogens is 224 g/mol. The van der Waals surface area contributed by atoms with Crippen LogP contribution in [0.15, 0.2) is 18.5 Å². The number of nitrogens with zero attached hydrogens (tertiary/aromatic N) is 1. The van der Waals surface area contributed by atoms with E-state index in [9.17, 15) is 8.42 Å². The molecule has 88 valence electrons. The van der Waals surface area contributed by atoms with Gasteiger partial charge in [0.25, 0.3) is 0 Å². The number of aromatic nitrogens is 1. The van der Waals surface area contributed by atoms with Gasteiger partial charge in [0, 0.05) is 18.9 Å². The molecule has 0 aliphatic carbocycles. The molecule has 0 bridgehead atoms.